The molecule has 0 radical (unpaired) electrons. The number of benzene rings is 1. The van der Waals surface area contributed by atoms with E-state index in [2.05, 4.69) is 6.58 Å². The number of hydrogen-bond donors (Lipinski definition) is 1. The van der Waals surface area contributed by atoms with E-state index in [9.17, 15) is 9.90 Å². The highest BCUT2D eigenvalue weighted by Gasteiger charge is 2.01. The molecule has 0 heterocycles. The lowest BCUT2D eigenvalue weighted by atomic mass is 10.1. The van der Waals surface area contributed by atoms with Crippen LogP contribution in [0.4, 0.5) is 0 Å². The van der Waals surface area contributed by atoms with E-state index in [1.165, 1.54) is 0 Å². The quantitative estimate of drug-likeness (QED) is 0.806. The fourth-order valence-electron chi connectivity index (χ4n) is 1.13. The number of carbonyl (C=O) groups is 1. The van der Waals surface area contributed by atoms with Crippen molar-refractivity contribution >= 4 is 5.78 Å². The Labute approximate surface area is 104 Å². The zero-order chi connectivity index (χ0) is 13.3. The van der Waals surface area contributed by atoms with Gasteiger partial charge in [-0.3, -0.25) is 4.79 Å². The van der Waals surface area contributed by atoms with E-state index >= 15 is 0 Å². The van der Waals surface area contributed by atoms with Crippen molar-refractivity contribution in [1.29, 1.82) is 0 Å². The first-order valence-electron chi connectivity index (χ1n) is 5.91. The molecule has 1 rings (SSSR count). The summed E-state index contributed by atoms with van der Waals surface area (Å²) < 4.78 is 0. The molecule has 0 saturated carbocycles. The Morgan fingerprint density at radius 2 is 2.06 bits per heavy atom. The summed E-state index contributed by atoms with van der Waals surface area (Å²) >= 11 is 0. The Hall–Kier alpha value is -1.57. The fraction of sp³-hybridized carbons (Fsp3) is 0.400. The van der Waals surface area contributed by atoms with E-state index in [-0.39, 0.29) is 5.92 Å². The minimum atomic E-state index is 0.264. The molecule has 0 aliphatic heterocycles. The minimum absolute atomic E-state index is 0.264. The maximum Gasteiger partial charge on any atom is 0.132 e. The molecule has 2 heteroatoms. The molecule has 1 N–H and O–H groups in total. The molecular formula is C15H22O2. The average Bonchev–Trinajstić information content (AvgIpc) is 2.32. The Morgan fingerprint density at radius 3 is 2.41 bits per heavy atom. The van der Waals surface area contributed by atoms with E-state index in [1.54, 1.807) is 19.1 Å². The molecule has 2 nitrogen and oxygen atoms in total. The van der Waals surface area contributed by atoms with Crippen LogP contribution < -0.4 is 0 Å². The van der Waals surface area contributed by atoms with Crippen LogP contribution in [0.2, 0.25) is 0 Å². The van der Waals surface area contributed by atoms with Crippen LogP contribution in [0.15, 0.2) is 36.9 Å². The summed E-state index contributed by atoms with van der Waals surface area (Å²) in [4.78, 5) is 10.4. The van der Waals surface area contributed by atoms with Crippen LogP contribution in [0.1, 0.15) is 32.8 Å². The molecule has 1 aromatic carbocycles. The number of para-hydroxylation sites is 1. The van der Waals surface area contributed by atoms with Gasteiger partial charge >= 0.3 is 0 Å². The second-order valence-corrected chi connectivity index (χ2v) is 4.04. The smallest absolute Gasteiger partial charge is 0.132 e. The van der Waals surface area contributed by atoms with Gasteiger partial charge in [-0.15, -0.1) is 6.58 Å². The summed E-state index contributed by atoms with van der Waals surface area (Å²) in [5, 5.41) is 9.19. The highest BCUT2D eigenvalue weighted by molar-refractivity contribution is 5.77. The van der Waals surface area contributed by atoms with Gasteiger partial charge in [0.05, 0.1) is 0 Å². The number of phenolic OH excluding ortho intramolecular Hbond substituents is 1. The van der Waals surface area contributed by atoms with Gasteiger partial charge in [0.1, 0.15) is 11.5 Å². The Bertz CT molecular complexity index is 356. The SMILES string of the molecule is C=CCc1ccccc1O.CCC(C)C(C)=O. The first-order valence-corrected chi connectivity index (χ1v) is 5.91. The molecule has 0 aliphatic rings. The van der Waals surface area contributed by atoms with Gasteiger partial charge in [0.15, 0.2) is 0 Å². The second-order valence-electron chi connectivity index (χ2n) is 4.04. The molecular weight excluding hydrogens is 212 g/mol. The Balaban J connectivity index is 0.000000325. The van der Waals surface area contributed by atoms with E-state index in [0.29, 0.717) is 11.5 Å². The first kappa shape index (κ1) is 15.4. The van der Waals surface area contributed by atoms with E-state index in [4.69, 9.17) is 0 Å². The van der Waals surface area contributed by atoms with Crippen LogP contribution in [0, 0.1) is 5.92 Å². The molecule has 0 amide bonds. The Morgan fingerprint density at radius 1 is 1.47 bits per heavy atom. The second kappa shape index (κ2) is 8.57. The van der Waals surface area contributed by atoms with Gasteiger partial charge in [-0.2, -0.15) is 0 Å². The van der Waals surface area contributed by atoms with Crippen molar-refractivity contribution in [2.24, 2.45) is 5.92 Å². The van der Waals surface area contributed by atoms with Gasteiger partial charge in [-0.25, -0.2) is 0 Å². The summed E-state index contributed by atoms with van der Waals surface area (Å²) in [5.74, 6) is 0.907. The summed E-state index contributed by atoms with van der Waals surface area (Å²) in [6.45, 7) is 9.19. The summed E-state index contributed by atoms with van der Waals surface area (Å²) in [7, 11) is 0. The van der Waals surface area contributed by atoms with Gasteiger partial charge in [-0.05, 0) is 31.4 Å². The maximum atomic E-state index is 10.4. The predicted octanol–water partition coefficient (Wildman–Crippen LogP) is 3.74. The van der Waals surface area contributed by atoms with Crippen LogP contribution >= 0.6 is 0 Å². The molecule has 0 bridgehead atoms. The lowest BCUT2D eigenvalue weighted by Crippen LogP contribution is -2.03. The number of aromatic hydroxyl groups is 1. The van der Waals surface area contributed by atoms with Crippen molar-refractivity contribution in [1.82, 2.24) is 0 Å². The maximum absolute atomic E-state index is 10.4. The van der Waals surface area contributed by atoms with E-state index < -0.39 is 0 Å². The van der Waals surface area contributed by atoms with Gasteiger partial charge in [0, 0.05) is 5.92 Å². The molecule has 17 heavy (non-hydrogen) atoms. The lowest BCUT2D eigenvalue weighted by molar-refractivity contribution is -0.120. The average molecular weight is 234 g/mol. The number of Topliss-reactive ketones (excluding diaryl/α,β-unsaturated/α-hetero) is 1. The van der Waals surface area contributed by atoms with Gasteiger partial charge < -0.3 is 5.11 Å². The van der Waals surface area contributed by atoms with Crippen molar-refractivity contribution < 1.29 is 9.90 Å². The number of ketones is 1. The molecule has 1 unspecified atom stereocenters. The number of hydrogen-bond acceptors (Lipinski definition) is 2. The van der Waals surface area contributed by atoms with Gasteiger partial charge in [0.25, 0.3) is 0 Å². The van der Waals surface area contributed by atoms with Crippen LogP contribution in [-0.4, -0.2) is 10.9 Å². The van der Waals surface area contributed by atoms with Crippen molar-refractivity contribution in [2.75, 3.05) is 0 Å². The molecule has 0 aliphatic carbocycles. The molecule has 1 atom stereocenters. The summed E-state index contributed by atoms with van der Waals surface area (Å²) in [6, 6.07) is 7.27. The zero-order valence-corrected chi connectivity index (χ0v) is 10.9. The first-order chi connectivity index (χ1) is 8.02. The van der Waals surface area contributed by atoms with Crippen LogP contribution in [0.5, 0.6) is 5.75 Å². The molecule has 1 aromatic rings. The van der Waals surface area contributed by atoms with Crippen molar-refractivity contribution in [3.63, 3.8) is 0 Å². The largest absolute Gasteiger partial charge is 0.508 e. The Kier molecular flexibility index (Phi) is 7.78. The van der Waals surface area contributed by atoms with Crippen LogP contribution in [-0.2, 0) is 11.2 Å². The molecule has 0 saturated heterocycles. The molecule has 0 spiro atoms. The normalized spacial score (nSPS) is 11.0. The van der Waals surface area contributed by atoms with E-state index in [1.807, 2.05) is 32.0 Å². The minimum Gasteiger partial charge on any atom is -0.508 e. The van der Waals surface area contributed by atoms with Crippen LogP contribution in [0.3, 0.4) is 0 Å². The fourth-order valence-corrected chi connectivity index (χ4v) is 1.13. The number of carbonyl (C=O) groups excluding carboxylic acids is 1. The molecule has 94 valence electrons. The van der Waals surface area contributed by atoms with E-state index in [0.717, 1.165) is 18.4 Å². The van der Waals surface area contributed by atoms with Gasteiger partial charge in [-0.1, -0.05) is 38.1 Å². The summed E-state index contributed by atoms with van der Waals surface area (Å²) in [5.41, 5.74) is 0.928. The van der Waals surface area contributed by atoms with Gasteiger partial charge in [0.2, 0.25) is 0 Å². The standard InChI is InChI=1S/C9H10O.C6H12O/c1-2-5-8-6-3-4-7-9(8)10;1-4-5(2)6(3)7/h2-4,6-7,10H,1,5H2;5H,4H2,1-3H3. The topological polar surface area (TPSA) is 37.3 Å². The molecule has 0 aromatic heterocycles. The van der Waals surface area contributed by atoms with Crippen LogP contribution in [0.25, 0.3) is 0 Å². The number of rotatable bonds is 4. The predicted molar refractivity (Wildman–Crippen MR) is 72.1 cm³/mol. The van der Waals surface area contributed by atoms with Crippen molar-refractivity contribution in [2.45, 2.75) is 33.6 Å². The number of phenols is 1. The highest BCUT2D eigenvalue weighted by Crippen LogP contribution is 2.15. The third kappa shape index (κ3) is 6.56. The third-order valence-corrected chi connectivity index (χ3v) is 2.66. The van der Waals surface area contributed by atoms with Crippen molar-refractivity contribution in [3.8, 4) is 5.75 Å². The number of allylic oxidation sites excluding steroid dienone is 1. The lowest BCUT2D eigenvalue weighted by Gasteiger charge is -1.98. The highest BCUT2D eigenvalue weighted by atomic mass is 16.3. The van der Waals surface area contributed by atoms with Crippen molar-refractivity contribution in [3.05, 3.63) is 42.5 Å². The monoisotopic (exact) mass is 234 g/mol. The third-order valence-electron chi connectivity index (χ3n) is 2.66. The molecule has 0 fully saturated rings. The zero-order valence-electron chi connectivity index (χ0n) is 10.9. The summed E-state index contributed by atoms with van der Waals surface area (Å²) in [6.07, 6.45) is 3.47.